The van der Waals surface area contributed by atoms with Gasteiger partial charge in [-0.1, -0.05) is 18.2 Å². The van der Waals surface area contributed by atoms with Gasteiger partial charge in [0, 0.05) is 60.5 Å². The van der Waals surface area contributed by atoms with Crippen LogP contribution in [0.5, 0.6) is 0 Å². The smallest absolute Gasteiger partial charge is 0.410 e. The molecule has 0 spiro atoms. The minimum Gasteiger partial charge on any atom is -0.444 e. The zero-order chi connectivity index (χ0) is 29.3. The zero-order valence-corrected chi connectivity index (χ0v) is 23.8. The number of piperidine rings is 2. The number of fused-ring (bicyclic) bond motifs is 1. The lowest BCUT2D eigenvalue weighted by molar-refractivity contribution is -0.133. The molecule has 3 aromatic rings. The molecule has 2 N–H and O–H groups in total. The Labute approximate surface area is 238 Å². The van der Waals surface area contributed by atoms with Crippen LogP contribution in [0, 0.1) is 0 Å². The minimum absolute atomic E-state index is 0.161. The Morgan fingerprint density at radius 2 is 1.90 bits per heavy atom. The number of carbonyl (C=O) groups is 4. The van der Waals surface area contributed by atoms with Gasteiger partial charge in [0.1, 0.15) is 11.6 Å². The summed E-state index contributed by atoms with van der Waals surface area (Å²) in [4.78, 5) is 52.2. The van der Waals surface area contributed by atoms with Crippen LogP contribution in [0.1, 0.15) is 62.9 Å². The fraction of sp³-hybridized carbons (Fsp3) is 0.433. The molecule has 41 heavy (non-hydrogen) atoms. The molecule has 1 atom stereocenters. The number of ether oxygens (including phenoxy) is 1. The molecule has 1 unspecified atom stereocenters. The van der Waals surface area contributed by atoms with E-state index in [0.717, 1.165) is 35.9 Å². The van der Waals surface area contributed by atoms with Crippen molar-refractivity contribution in [3.63, 3.8) is 0 Å². The van der Waals surface area contributed by atoms with Crippen molar-refractivity contribution in [2.45, 2.75) is 64.1 Å². The first-order valence-corrected chi connectivity index (χ1v) is 13.9. The maximum Gasteiger partial charge on any atom is 0.410 e. The Balaban J connectivity index is 1.35. The fourth-order valence-electron chi connectivity index (χ4n) is 5.43. The first-order chi connectivity index (χ1) is 19.5. The molecule has 2 saturated heterocycles. The van der Waals surface area contributed by atoms with Crippen molar-refractivity contribution in [3.05, 3.63) is 48.3 Å². The Hall–Kier alpha value is -4.41. The number of nitrogens with one attached hydrogen (secondary N) is 2. The molecule has 2 aliphatic heterocycles. The molecule has 2 aliphatic rings. The molecular weight excluding hydrogens is 524 g/mol. The van der Waals surface area contributed by atoms with E-state index in [4.69, 9.17) is 4.74 Å². The number of anilines is 3. The van der Waals surface area contributed by atoms with Crippen molar-refractivity contribution in [1.82, 2.24) is 20.0 Å². The molecule has 0 bridgehead atoms. The maximum absolute atomic E-state index is 12.4. The molecule has 5 rings (SSSR count). The monoisotopic (exact) mass is 560 g/mol. The van der Waals surface area contributed by atoms with E-state index in [9.17, 15) is 19.2 Å². The second-order valence-electron chi connectivity index (χ2n) is 11.6. The summed E-state index contributed by atoms with van der Waals surface area (Å²) < 4.78 is 7.47. The Kier molecular flexibility index (Phi) is 7.70. The molecular formula is C30H36N6O5. The van der Waals surface area contributed by atoms with Crippen molar-refractivity contribution < 1.29 is 23.9 Å². The standard InChI is InChI=1S/C30H36N6O5/c1-30(2,3)41-29(40)35-14-12-20(13-15-35)36-17-21(16-31-36)34(4)25-10-8-23(27-19(18-37)6-5-7-22(25)27)32-24-9-11-26(38)33-28(24)39/h5-8,10,16-18,20,24,32H,9,11-15H2,1-4H3,(H,33,38,39). The van der Waals surface area contributed by atoms with Crippen molar-refractivity contribution in [2.75, 3.05) is 30.4 Å². The number of nitrogens with zero attached hydrogens (tertiary/aromatic N) is 4. The summed E-state index contributed by atoms with van der Waals surface area (Å²) >= 11 is 0. The predicted octanol–water partition coefficient (Wildman–Crippen LogP) is 4.41. The van der Waals surface area contributed by atoms with Gasteiger partial charge in [-0.3, -0.25) is 24.4 Å². The van der Waals surface area contributed by atoms with Gasteiger partial charge in [-0.25, -0.2) is 4.79 Å². The number of likely N-dealkylation sites (tertiary alicyclic amines) is 1. The molecule has 216 valence electrons. The van der Waals surface area contributed by atoms with Gasteiger partial charge in [-0.15, -0.1) is 0 Å². The van der Waals surface area contributed by atoms with Gasteiger partial charge in [0.25, 0.3) is 0 Å². The van der Waals surface area contributed by atoms with Crippen LogP contribution in [0.4, 0.5) is 21.9 Å². The van der Waals surface area contributed by atoms with E-state index in [0.29, 0.717) is 36.1 Å². The van der Waals surface area contributed by atoms with Crippen LogP contribution in [0.15, 0.2) is 42.7 Å². The number of carbonyl (C=O) groups excluding carboxylic acids is 4. The van der Waals surface area contributed by atoms with Gasteiger partial charge >= 0.3 is 6.09 Å². The summed E-state index contributed by atoms with van der Waals surface area (Å²) in [7, 11) is 1.95. The number of hydrogen-bond acceptors (Lipinski definition) is 8. The van der Waals surface area contributed by atoms with Crippen molar-refractivity contribution in [2.24, 2.45) is 0 Å². The molecule has 11 heteroatoms. The molecule has 3 heterocycles. The van der Waals surface area contributed by atoms with Gasteiger partial charge in [0.2, 0.25) is 11.8 Å². The van der Waals surface area contributed by atoms with E-state index < -0.39 is 11.6 Å². The van der Waals surface area contributed by atoms with Crippen molar-refractivity contribution in [1.29, 1.82) is 0 Å². The Morgan fingerprint density at radius 1 is 1.15 bits per heavy atom. The third-order valence-electron chi connectivity index (χ3n) is 7.57. The Morgan fingerprint density at radius 3 is 2.59 bits per heavy atom. The Bertz CT molecular complexity index is 1480. The lowest BCUT2D eigenvalue weighted by Crippen LogP contribution is -2.47. The lowest BCUT2D eigenvalue weighted by atomic mass is 9.99. The second kappa shape index (κ2) is 11.2. The van der Waals surface area contributed by atoms with Gasteiger partial charge in [-0.2, -0.15) is 5.10 Å². The number of rotatable bonds is 6. The van der Waals surface area contributed by atoms with E-state index in [2.05, 4.69) is 15.7 Å². The van der Waals surface area contributed by atoms with Crippen LogP contribution < -0.4 is 15.5 Å². The van der Waals surface area contributed by atoms with Crippen LogP contribution in [0.3, 0.4) is 0 Å². The molecule has 3 amide bonds. The highest BCUT2D eigenvalue weighted by atomic mass is 16.6. The average molecular weight is 561 g/mol. The number of aldehydes is 1. The molecule has 0 radical (unpaired) electrons. The van der Waals surface area contributed by atoms with Gasteiger partial charge < -0.3 is 19.9 Å². The van der Waals surface area contributed by atoms with Crippen LogP contribution in [0.2, 0.25) is 0 Å². The molecule has 11 nitrogen and oxygen atoms in total. The van der Waals surface area contributed by atoms with Crippen LogP contribution >= 0.6 is 0 Å². The van der Waals surface area contributed by atoms with Crippen LogP contribution in [-0.4, -0.2) is 70.7 Å². The maximum atomic E-state index is 12.4. The number of imide groups is 1. The quantitative estimate of drug-likeness (QED) is 0.336. The number of aromatic nitrogens is 2. The zero-order valence-electron chi connectivity index (χ0n) is 23.8. The number of amides is 3. The first kappa shape index (κ1) is 28.1. The highest BCUT2D eigenvalue weighted by Crippen LogP contribution is 2.37. The topological polar surface area (TPSA) is 126 Å². The van der Waals surface area contributed by atoms with Gasteiger partial charge in [0.05, 0.1) is 17.9 Å². The van der Waals surface area contributed by atoms with Crippen LogP contribution in [-0.2, 0) is 14.3 Å². The highest BCUT2D eigenvalue weighted by Gasteiger charge is 2.29. The minimum atomic E-state index is -0.570. The summed E-state index contributed by atoms with van der Waals surface area (Å²) in [5.41, 5.74) is 2.38. The summed E-state index contributed by atoms with van der Waals surface area (Å²) in [6.45, 7) is 6.80. The first-order valence-electron chi connectivity index (χ1n) is 13.9. The lowest BCUT2D eigenvalue weighted by Gasteiger charge is -2.33. The molecule has 0 saturated carbocycles. The van der Waals surface area contributed by atoms with Gasteiger partial charge in [-0.05, 0) is 52.2 Å². The van der Waals surface area contributed by atoms with Crippen molar-refractivity contribution >= 4 is 52.0 Å². The fourth-order valence-corrected chi connectivity index (χ4v) is 5.43. The normalized spacial score (nSPS) is 18.2. The average Bonchev–Trinajstić information content (AvgIpc) is 3.43. The third-order valence-corrected chi connectivity index (χ3v) is 7.57. The van der Waals surface area contributed by atoms with E-state index in [1.54, 1.807) is 11.0 Å². The van der Waals surface area contributed by atoms with E-state index >= 15 is 0 Å². The molecule has 2 fully saturated rings. The highest BCUT2D eigenvalue weighted by molar-refractivity contribution is 6.11. The SMILES string of the molecule is CN(c1cnn(C2CCN(C(=O)OC(C)(C)C)CC2)c1)c1ccc(NC2CCC(=O)NC2=O)c2c(C=O)cccc12. The van der Waals surface area contributed by atoms with E-state index in [-0.39, 0.29) is 30.4 Å². The van der Waals surface area contributed by atoms with E-state index in [1.165, 1.54) is 0 Å². The molecule has 0 aliphatic carbocycles. The summed E-state index contributed by atoms with van der Waals surface area (Å²) in [5, 5.41) is 11.8. The summed E-state index contributed by atoms with van der Waals surface area (Å²) in [6.07, 6.45) is 6.52. The van der Waals surface area contributed by atoms with E-state index in [1.807, 2.05) is 74.1 Å². The number of benzene rings is 2. The third kappa shape index (κ3) is 6.03. The van der Waals surface area contributed by atoms with Crippen LogP contribution in [0.25, 0.3) is 10.8 Å². The van der Waals surface area contributed by atoms with Crippen molar-refractivity contribution in [3.8, 4) is 0 Å². The summed E-state index contributed by atoms with van der Waals surface area (Å²) in [6, 6.07) is 8.93. The predicted molar refractivity (Wildman–Crippen MR) is 155 cm³/mol. The second-order valence-corrected chi connectivity index (χ2v) is 11.6. The number of hydrogen-bond donors (Lipinski definition) is 2. The summed E-state index contributed by atoms with van der Waals surface area (Å²) in [5.74, 6) is -0.652. The molecule has 2 aromatic carbocycles. The molecule has 1 aromatic heterocycles. The van der Waals surface area contributed by atoms with Gasteiger partial charge in [0.15, 0.2) is 6.29 Å². The largest absolute Gasteiger partial charge is 0.444 e.